The van der Waals surface area contributed by atoms with Crippen molar-refractivity contribution in [3.63, 3.8) is 0 Å². The average Bonchev–Trinajstić information content (AvgIpc) is 2.77. The van der Waals surface area contributed by atoms with Gasteiger partial charge in [-0.25, -0.2) is 0 Å². The number of carbonyl (C=O) groups excluding carboxylic acids is 1. The zero-order valence-corrected chi connectivity index (χ0v) is 12.7. The number of rotatable bonds is 5. The maximum Gasteiger partial charge on any atom is 0.271 e. The maximum atomic E-state index is 11.9. The SMILES string of the molecule is CN(C)Cc1ccc(CNC(=O)c2[nH]nc(N)c2Cl)cc1. The van der Waals surface area contributed by atoms with Crippen molar-refractivity contribution in [1.29, 1.82) is 0 Å². The Hall–Kier alpha value is -2.05. The first-order valence-electron chi connectivity index (χ1n) is 6.47. The van der Waals surface area contributed by atoms with Crippen LogP contribution in [0.3, 0.4) is 0 Å². The summed E-state index contributed by atoms with van der Waals surface area (Å²) in [5, 5.41) is 9.12. The molecule has 0 bridgehead atoms. The number of nitrogens with zero attached hydrogens (tertiary/aromatic N) is 2. The molecule has 112 valence electrons. The zero-order valence-electron chi connectivity index (χ0n) is 12.0. The van der Waals surface area contributed by atoms with Gasteiger partial charge < -0.3 is 16.0 Å². The number of hydrogen-bond donors (Lipinski definition) is 3. The Labute approximate surface area is 128 Å². The largest absolute Gasteiger partial charge is 0.381 e. The lowest BCUT2D eigenvalue weighted by Crippen LogP contribution is -2.23. The van der Waals surface area contributed by atoms with Gasteiger partial charge in [-0.15, -0.1) is 0 Å². The summed E-state index contributed by atoms with van der Waals surface area (Å²) in [6, 6.07) is 8.06. The van der Waals surface area contributed by atoms with E-state index in [1.54, 1.807) is 0 Å². The van der Waals surface area contributed by atoms with Crippen LogP contribution in [-0.4, -0.2) is 35.1 Å². The molecule has 1 amide bonds. The number of amides is 1. The fraction of sp³-hybridized carbons (Fsp3) is 0.286. The van der Waals surface area contributed by atoms with Crippen molar-refractivity contribution in [1.82, 2.24) is 20.4 Å². The lowest BCUT2D eigenvalue weighted by atomic mass is 10.1. The molecule has 0 radical (unpaired) electrons. The quantitative estimate of drug-likeness (QED) is 0.783. The van der Waals surface area contributed by atoms with Gasteiger partial charge in [-0.3, -0.25) is 9.89 Å². The minimum Gasteiger partial charge on any atom is -0.381 e. The van der Waals surface area contributed by atoms with Crippen molar-refractivity contribution in [2.45, 2.75) is 13.1 Å². The van der Waals surface area contributed by atoms with Crippen LogP contribution in [-0.2, 0) is 13.1 Å². The summed E-state index contributed by atoms with van der Waals surface area (Å²) in [5.74, 6) is -0.212. The summed E-state index contributed by atoms with van der Waals surface area (Å²) in [6.07, 6.45) is 0. The number of nitrogens with two attached hydrogens (primary N) is 1. The van der Waals surface area contributed by atoms with Gasteiger partial charge in [0.2, 0.25) is 0 Å². The second-order valence-corrected chi connectivity index (χ2v) is 5.41. The predicted octanol–water partition coefficient (Wildman–Crippen LogP) is 1.64. The van der Waals surface area contributed by atoms with E-state index < -0.39 is 0 Å². The van der Waals surface area contributed by atoms with E-state index in [-0.39, 0.29) is 22.4 Å². The molecule has 0 saturated heterocycles. The van der Waals surface area contributed by atoms with Crippen molar-refractivity contribution < 1.29 is 4.79 Å². The molecule has 2 aromatic rings. The molecular formula is C14H18ClN5O. The van der Waals surface area contributed by atoms with Gasteiger partial charge in [-0.05, 0) is 25.2 Å². The molecule has 1 aromatic heterocycles. The lowest BCUT2D eigenvalue weighted by molar-refractivity contribution is 0.0946. The van der Waals surface area contributed by atoms with Crippen molar-refractivity contribution in [2.75, 3.05) is 19.8 Å². The Morgan fingerprint density at radius 2 is 1.95 bits per heavy atom. The molecule has 0 unspecified atom stereocenters. The number of H-pyrrole nitrogens is 1. The molecule has 7 heteroatoms. The summed E-state index contributed by atoms with van der Waals surface area (Å²) >= 11 is 5.87. The third-order valence-corrected chi connectivity index (χ3v) is 3.32. The van der Waals surface area contributed by atoms with Crippen LogP contribution in [0.5, 0.6) is 0 Å². The first-order valence-corrected chi connectivity index (χ1v) is 6.85. The van der Waals surface area contributed by atoms with Crippen molar-refractivity contribution in [3.05, 3.63) is 46.1 Å². The molecule has 0 saturated carbocycles. The highest BCUT2D eigenvalue weighted by atomic mass is 35.5. The van der Waals surface area contributed by atoms with E-state index in [2.05, 4.69) is 20.4 Å². The molecule has 2 rings (SSSR count). The van der Waals surface area contributed by atoms with Crippen LogP contribution in [0.1, 0.15) is 21.6 Å². The summed E-state index contributed by atoms with van der Waals surface area (Å²) < 4.78 is 0. The van der Waals surface area contributed by atoms with Crippen LogP contribution < -0.4 is 11.1 Å². The van der Waals surface area contributed by atoms with E-state index in [0.717, 1.165) is 12.1 Å². The summed E-state index contributed by atoms with van der Waals surface area (Å²) in [5.41, 5.74) is 7.89. The standard InChI is InChI=1S/C14H18ClN5O/c1-20(2)8-10-5-3-9(4-6-10)7-17-14(21)12-11(15)13(16)19-18-12/h3-6H,7-8H2,1-2H3,(H,17,21)(H3,16,18,19). The second-order valence-electron chi connectivity index (χ2n) is 5.03. The zero-order chi connectivity index (χ0) is 15.4. The molecule has 6 nitrogen and oxygen atoms in total. The van der Waals surface area contributed by atoms with E-state index in [0.29, 0.717) is 6.54 Å². The number of hydrogen-bond acceptors (Lipinski definition) is 4. The van der Waals surface area contributed by atoms with Crippen molar-refractivity contribution >= 4 is 23.3 Å². The molecule has 0 aliphatic rings. The fourth-order valence-corrected chi connectivity index (χ4v) is 2.06. The van der Waals surface area contributed by atoms with Gasteiger partial charge in [0.25, 0.3) is 5.91 Å². The van der Waals surface area contributed by atoms with Gasteiger partial charge in [0, 0.05) is 13.1 Å². The van der Waals surface area contributed by atoms with E-state index in [1.165, 1.54) is 5.56 Å². The maximum absolute atomic E-state index is 11.9. The van der Waals surface area contributed by atoms with Gasteiger partial charge >= 0.3 is 0 Å². The number of anilines is 1. The van der Waals surface area contributed by atoms with Crippen LogP contribution in [0.25, 0.3) is 0 Å². The fourth-order valence-electron chi connectivity index (χ4n) is 1.89. The van der Waals surface area contributed by atoms with Crippen LogP contribution >= 0.6 is 11.6 Å². The van der Waals surface area contributed by atoms with Gasteiger partial charge in [0.15, 0.2) is 5.82 Å². The first-order chi connectivity index (χ1) is 9.97. The molecule has 4 N–H and O–H groups in total. The Bertz CT molecular complexity index is 621. The number of nitrogens with one attached hydrogen (secondary N) is 2. The molecule has 0 aliphatic carbocycles. The molecule has 1 heterocycles. The average molecular weight is 308 g/mol. The highest BCUT2D eigenvalue weighted by Gasteiger charge is 2.15. The van der Waals surface area contributed by atoms with Crippen LogP contribution in [0, 0.1) is 0 Å². The van der Waals surface area contributed by atoms with E-state index in [1.807, 2.05) is 38.4 Å². The molecule has 0 spiro atoms. The molecule has 21 heavy (non-hydrogen) atoms. The van der Waals surface area contributed by atoms with Crippen LogP contribution in [0.15, 0.2) is 24.3 Å². The number of aromatic amines is 1. The van der Waals surface area contributed by atoms with Crippen molar-refractivity contribution in [2.24, 2.45) is 0 Å². The highest BCUT2D eigenvalue weighted by Crippen LogP contribution is 2.19. The van der Waals surface area contributed by atoms with Gasteiger partial charge in [-0.1, -0.05) is 35.9 Å². The number of aromatic nitrogens is 2. The Kier molecular flexibility index (Phi) is 4.82. The number of halogens is 1. The van der Waals surface area contributed by atoms with E-state index in [9.17, 15) is 4.79 Å². The van der Waals surface area contributed by atoms with Gasteiger partial charge in [0.05, 0.1) is 0 Å². The van der Waals surface area contributed by atoms with E-state index in [4.69, 9.17) is 17.3 Å². The van der Waals surface area contributed by atoms with Gasteiger partial charge in [0.1, 0.15) is 10.7 Å². The monoisotopic (exact) mass is 307 g/mol. The molecule has 1 aromatic carbocycles. The van der Waals surface area contributed by atoms with E-state index >= 15 is 0 Å². The molecular weight excluding hydrogens is 290 g/mol. The Morgan fingerprint density at radius 3 is 2.48 bits per heavy atom. The molecule has 0 aliphatic heterocycles. The Balaban J connectivity index is 1.94. The number of nitrogen functional groups attached to an aromatic ring is 1. The minimum absolute atomic E-state index is 0.120. The summed E-state index contributed by atoms with van der Waals surface area (Å²) in [6.45, 7) is 1.30. The minimum atomic E-state index is -0.332. The highest BCUT2D eigenvalue weighted by molar-refractivity contribution is 6.35. The number of carbonyl (C=O) groups is 1. The molecule has 0 fully saturated rings. The third kappa shape index (κ3) is 3.96. The number of benzene rings is 1. The third-order valence-electron chi connectivity index (χ3n) is 2.93. The summed E-state index contributed by atoms with van der Waals surface area (Å²) in [7, 11) is 4.04. The smallest absolute Gasteiger partial charge is 0.271 e. The summed E-state index contributed by atoms with van der Waals surface area (Å²) in [4.78, 5) is 14.0. The van der Waals surface area contributed by atoms with Crippen LogP contribution in [0.2, 0.25) is 5.02 Å². The Morgan fingerprint density at radius 1 is 1.33 bits per heavy atom. The molecule has 0 atom stereocenters. The topological polar surface area (TPSA) is 87.0 Å². The second kappa shape index (κ2) is 6.60. The first kappa shape index (κ1) is 15.3. The van der Waals surface area contributed by atoms with Crippen LogP contribution in [0.4, 0.5) is 5.82 Å². The normalized spacial score (nSPS) is 10.9. The van der Waals surface area contributed by atoms with Gasteiger partial charge in [-0.2, -0.15) is 5.10 Å². The van der Waals surface area contributed by atoms with Crippen molar-refractivity contribution in [3.8, 4) is 0 Å². The predicted molar refractivity (Wildman–Crippen MR) is 83.0 cm³/mol. The lowest BCUT2D eigenvalue weighted by Gasteiger charge is -2.10.